The van der Waals surface area contributed by atoms with Crippen molar-refractivity contribution in [1.82, 2.24) is 10.2 Å². The molecule has 0 aliphatic rings. The van der Waals surface area contributed by atoms with E-state index in [1.807, 2.05) is 13.8 Å². The van der Waals surface area contributed by atoms with Crippen molar-refractivity contribution in [1.29, 1.82) is 0 Å². The van der Waals surface area contributed by atoms with Crippen molar-refractivity contribution in [2.45, 2.75) is 45.7 Å². The van der Waals surface area contributed by atoms with Crippen molar-refractivity contribution in [2.75, 3.05) is 13.6 Å². The molecule has 16 heavy (non-hydrogen) atoms. The van der Waals surface area contributed by atoms with Gasteiger partial charge >= 0.3 is 5.97 Å². The monoisotopic (exact) mass is 230 g/mol. The fourth-order valence-corrected chi connectivity index (χ4v) is 1.11. The highest BCUT2D eigenvalue weighted by Gasteiger charge is 2.31. The van der Waals surface area contributed by atoms with Crippen molar-refractivity contribution in [3.8, 4) is 0 Å². The van der Waals surface area contributed by atoms with E-state index in [9.17, 15) is 9.59 Å². The molecule has 0 aliphatic heterocycles. The van der Waals surface area contributed by atoms with E-state index in [1.165, 1.54) is 0 Å². The Bertz CT molecular complexity index is 262. The van der Waals surface area contributed by atoms with Crippen LogP contribution in [0.5, 0.6) is 0 Å². The zero-order valence-electron chi connectivity index (χ0n) is 10.7. The lowest BCUT2D eigenvalue weighted by atomic mass is 10.0. The molecule has 0 aliphatic carbocycles. The summed E-state index contributed by atoms with van der Waals surface area (Å²) in [5.74, 6) is -0.942. The number of hydrogen-bond donors (Lipinski definition) is 2. The topological polar surface area (TPSA) is 69.6 Å². The summed E-state index contributed by atoms with van der Waals surface area (Å²) >= 11 is 0. The second kappa shape index (κ2) is 5.84. The highest BCUT2D eigenvalue weighted by Crippen LogP contribution is 2.12. The molecule has 94 valence electrons. The Balaban J connectivity index is 4.12. The van der Waals surface area contributed by atoms with Crippen molar-refractivity contribution in [3.05, 3.63) is 0 Å². The number of nitrogens with one attached hydrogen (secondary N) is 1. The summed E-state index contributed by atoms with van der Waals surface area (Å²) in [6, 6.07) is 0.116. The Morgan fingerprint density at radius 2 is 1.88 bits per heavy atom. The second-order valence-electron chi connectivity index (χ2n) is 4.76. The normalized spacial score (nSPS) is 11.9. The van der Waals surface area contributed by atoms with Crippen molar-refractivity contribution < 1.29 is 14.7 Å². The molecule has 5 nitrogen and oxygen atoms in total. The van der Waals surface area contributed by atoms with Gasteiger partial charge in [0.15, 0.2) is 0 Å². The van der Waals surface area contributed by atoms with Crippen LogP contribution in [0.25, 0.3) is 0 Å². The minimum Gasteiger partial charge on any atom is -0.480 e. The van der Waals surface area contributed by atoms with Gasteiger partial charge in [-0.1, -0.05) is 0 Å². The predicted octanol–water partition coefficient (Wildman–Crippen LogP) is 0.696. The van der Waals surface area contributed by atoms with Gasteiger partial charge in [0.1, 0.15) is 5.54 Å². The maximum Gasteiger partial charge on any atom is 0.323 e. The Morgan fingerprint density at radius 1 is 1.38 bits per heavy atom. The Morgan fingerprint density at radius 3 is 2.25 bits per heavy atom. The zero-order chi connectivity index (χ0) is 12.9. The Labute approximate surface area is 96.8 Å². The van der Waals surface area contributed by atoms with Crippen LogP contribution < -0.4 is 5.32 Å². The number of aliphatic carboxylic acids is 1. The van der Waals surface area contributed by atoms with E-state index >= 15 is 0 Å². The first-order valence-electron chi connectivity index (χ1n) is 5.42. The maximum atomic E-state index is 11.4. The molecule has 0 radical (unpaired) electrons. The first kappa shape index (κ1) is 14.9. The SMILES string of the molecule is CC(C)NC(=O)CCN(C)C(C)(C)C(=O)O. The highest BCUT2D eigenvalue weighted by molar-refractivity contribution is 5.78. The molecule has 0 bridgehead atoms. The number of hydrogen-bond acceptors (Lipinski definition) is 3. The molecule has 0 spiro atoms. The summed E-state index contributed by atoms with van der Waals surface area (Å²) in [5.41, 5.74) is -0.946. The van der Waals surface area contributed by atoms with Gasteiger partial charge in [0, 0.05) is 19.0 Å². The third-order valence-electron chi connectivity index (χ3n) is 2.60. The van der Waals surface area contributed by atoms with Gasteiger partial charge in [-0.3, -0.25) is 14.5 Å². The van der Waals surface area contributed by atoms with Gasteiger partial charge in [0.25, 0.3) is 0 Å². The number of carbonyl (C=O) groups is 2. The molecular weight excluding hydrogens is 208 g/mol. The van der Waals surface area contributed by atoms with Crippen LogP contribution in [0.3, 0.4) is 0 Å². The molecule has 0 aromatic heterocycles. The minimum absolute atomic E-state index is 0.0527. The van der Waals surface area contributed by atoms with Crippen LogP contribution in [-0.4, -0.2) is 47.1 Å². The van der Waals surface area contributed by atoms with E-state index in [2.05, 4.69) is 5.32 Å². The number of rotatable bonds is 6. The molecule has 0 saturated heterocycles. The molecule has 0 heterocycles. The highest BCUT2D eigenvalue weighted by atomic mass is 16.4. The summed E-state index contributed by atoms with van der Waals surface area (Å²) in [5, 5.41) is 11.7. The van der Waals surface area contributed by atoms with Gasteiger partial charge in [-0.2, -0.15) is 0 Å². The molecule has 0 saturated carbocycles. The van der Waals surface area contributed by atoms with Gasteiger partial charge in [-0.05, 0) is 34.7 Å². The van der Waals surface area contributed by atoms with E-state index in [4.69, 9.17) is 5.11 Å². The average molecular weight is 230 g/mol. The Kier molecular flexibility index (Phi) is 5.44. The number of likely N-dealkylation sites (N-methyl/N-ethyl adjacent to an activating group) is 1. The number of nitrogens with zero attached hydrogens (tertiary/aromatic N) is 1. The smallest absolute Gasteiger partial charge is 0.323 e. The van der Waals surface area contributed by atoms with Crippen LogP contribution in [0, 0.1) is 0 Å². The minimum atomic E-state index is -0.946. The van der Waals surface area contributed by atoms with E-state index in [0.29, 0.717) is 13.0 Å². The van der Waals surface area contributed by atoms with Crippen LogP contribution >= 0.6 is 0 Å². The fourth-order valence-electron chi connectivity index (χ4n) is 1.11. The number of carboxylic acids is 1. The molecule has 0 atom stereocenters. The second-order valence-corrected chi connectivity index (χ2v) is 4.76. The molecule has 0 aromatic carbocycles. The third-order valence-corrected chi connectivity index (χ3v) is 2.60. The zero-order valence-corrected chi connectivity index (χ0v) is 10.7. The van der Waals surface area contributed by atoms with Crippen LogP contribution in [0.4, 0.5) is 0 Å². The molecule has 1 amide bonds. The third kappa shape index (κ3) is 4.61. The first-order valence-corrected chi connectivity index (χ1v) is 5.42. The predicted molar refractivity (Wildman–Crippen MR) is 62.2 cm³/mol. The summed E-state index contributed by atoms with van der Waals surface area (Å²) < 4.78 is 0. The number of amides is 1. The summed E-state index contributed by atoms with van der Waals surface area (Å²) in [4.78, 5) is 24.0. The van der Waals surface area contributed by atoms with Crippen LogP contribution in [0.2, 0.25) is 0 Å². The van der Waals surface area contributed by atoms with Gasteiger partial charge in [-0.25, -0.2) is 0 Å². The molecule has 5 heteroatoms. The molecule has 0 aromatic rings. The van der Waals surface area contributed by atoms with Gasteiger partial charge in [-0.15, -0.1) is 0 Å². The first-order chi connectivity index (χ1) is 7.17. The molecule has 0 unspecified atom stereocenters. The summed E-state index contributed by atoms with van der Waals surface area (Å²) in [6.45, 7) is 7.45. The van der Waals surface area contributed by atoms with Gasteiger partial charge in [0.05, 0.1) is 0 Å². The lowest BCUT2D eigenvalue weighted by Crippen LogP contribution is -2.49. The Hall–Kier alpha value is -1.10. The summed E-state index contributed by atoms with van der Waals surface area (Å²) in [7, 11) is 1.71. The molecule has 0 rings (SSSR count). The lowest BCUT2D eigenvalue weighted by Gasteiger charge is -2.31. The van der Waals surface area contributed by atoms with E-state index in [0.717, 1.165) is 0 Å². The van der Waals surface area contributed by atoms with Crippen molar-refractivity contribution >= 4 is 11.9 Å². The average Bonchev–Trinajstić information content (AvgIpc) is 2.12. The van der Waals surface area contributed by atoms with Crippen LogP contribution in [0.15, 0.2) is 0 Å². The molecule has 0 fully saturated rings. The fraction of sp³-hybridized carbons (Fsp3) is 0.818. The molecular formula is C11H22N2O3. The standard InChI is InChI=1S/C11H22N2O3/c1-8(2)12-9(14)6-7-13(5)11(3,4)10(15)16/h8H,6-7H2,1-5H3,(H,12,14)(H,15,16). The molecule has 2 N–H and O–H groups in total. The van der Waals surface area contributed by atoms with Crippen LogP contribution in [-0.2, 0) is 9.59 Å². The van der Waals surface area contributed by atoms with Crippen LogP contribution in [0.1, 0.15) is 34.1 Å². The number of carbonyl (C=O) groups excluding carboxylic acids is 1. The van der Waals surface area contributed by atoms with Crippen molar-refractivity contribution in [3.63, 3.8) is 0 Å². The van der Waals surface area contributed by atoms with E-state index in [1.54, 1.807) is 25.8 Å². The largest absolute Gasteiger partial charge is 0.480 e. The summed E-state index contributed by atoms with van der Waals surface area (Å²) in [6.07, 6.45) is 0.311. The maximum absolute atomic E-state index is 11.4. The lowest BCUT2D eigenvalue weighted by molar-refractivity contribution is -0.148. The van der Waals surface area contributed by atoms with Gasteiger partial charge < -0.3 is 10.4 Å². The van der Waals surface area contributed by atoms with E-state index in [-0.39, 0.29) is 11.9 Å². The quantitative estimate of drug-likeness (QED) is 0.704. The van der Waals surface area contributed by atoms with E-state index < -0.39 is 11.5 Å². The van der Waals surface area contributed by atoms with Gasteiger partial charge in [0.2, 0.25) is 5.91 Å². The number of carboxylic acid groups (broad SMARTS) is 1. The van der Waals surface area contributed by atoms with Crippen molar-refractivity contribution in [2.24, 2.45) is 0 Å².